The minimum absolute atomic E-state index is 0.0235. The maximum absolute atomic E-state index is 13.0. The van der Waals surface area contributed by atoms with Crippen molar-refractivity contribution in [1.82, 2.24) is 5.32 Å². The normalized spacial score (nSPS) is 11.2. The Bertz CT molecular complexity index is 825. The predicted molar refractivity (Wildman–Crippen MR) is 80.4 cm³/mol. The smallest absolute Gasteiger partial charge is 0.253 e. The van der Waals surface area contributed by atoms with Gasteiger partial charge in [0.25, 0.3) is 5.91 Å². The largest absolute Gasteiger partial charge is 0.348 e. The van der Waals surface area contributed by atoms with E-state index in [9.17, 15) is 17.6 Å². The Labute approximate surface area is 131 Å². The molecule has 116 valence electrons. The van der Waals surface area contributed by atoms with Crippen LogP contribution < -0.4 is 10.5 Å². The van der Waals surface area contributed by atoms with Crippen molar-refractivity contribution >= 4 is 27.5 Å². The molecule has 0 fully saturated rings. The molecule has 0 aromatic heterocycles. The van der Waals surface area contributed by atoms with Gasteiger partial charge < -0.3 is 5.32 Å². The quantitative estimate of drug-likeness (QED) is 0.891. The van der Waals surface area contributed by atoms with Gasteiger partial charge in [-0.3, -0.25) is 4.79 Å². The number of amides is 1. The van der Waals surface area contributed by atoms with Crippen LogP contribution in [0.3, 0.4) is 0 Å². The van der Waals surface area contributed by atoms with Crippen molar-refractivity contribution in [3.05, 3.63) is 64.4 Å². The van der Waals surface area contributed by atoms with Crippen LogP contribution in [0.1, 0.15) is 15.9 Å². The van der Waals surface area contributed by atoms with Gasteiger partial charge in [0.05, 0.1) is 15.5 Å². The lowest BCUT2D eigenvalue weighted by Gasteiger charge is -2.08. The van der Waals surface area contributed by atoms with Gasteiger partial charge in [-0.15, -0.1) is 0 Å². The molecule has 0 unspecified atom stereocenters. The number of rotatable bonds is 4. The van der Waals surface area contributed by atoms with Gasteiger partial charge in [0.1, 0.15) is 5.82 Å². The van der Waals surface area contributed by atoms with Crippen LogP contribution in [-0.4, -0.2) is 14.3 Å². The molecule has 0 bridgehead atoms. The summed E-state index contributed by atoms with van der Waals surface area (Å²) in [7, 11) is -3.94. The zero-order chi connectivity index (χ0) is 16.3. The number of nitrogens with one attached hydrogen (secondary N) is 1. The summed E-state index contributed by atoms with van der Waals surface area (Å²) in [6, 6.07) is 9.32. The van der Waals surface area contributed by atoms with Crippen molar-refractivity contribution in [3.8, 4) is 0 Å². The van der Waals surface area contributed by atoms with E-state index in [-0.39, 0.29) is 22.0 Å². The molecule has 0 saturated heterocycles. The first-order chi connectivity index (χ1) is 10.3. The first-order valence-electron chi connectivity index (χ1n) is 6.12. The van der Waals surface area contributed by atoms with Crippen LogP contribution >= 0.6 is 11.6 Å². The SMILES string of the molecule is NS(=O)(=O)c1ccc(Cl)c(C(=O)NCc2cccc(F)c2)c1. The lowest BCUT2D eigenvalue weighted by molar-refractivity contribution is 0.0951. The third kappa shape index (κ3) is 4.03. The molecule has 3 N–H and O–H groups in total. The van der Waals surface area contributed by atoms with Gasteiger partial charge >= 0.3 is 0 Å². The topological polar surface area (TPSA) is 89.3 Å². The monoisotopic (exact) mass is 342 g/mol. The lowest BCUT2D eigenvalue weighted by Crippen LogP contribution is -2.24. The molecule has 8 heteroatoms. The Hall–Kier alpha value is -1.96. The van der Waals surface area contributed by atoms with Gasteiger partial charge in [-0.05, 0) is 35.9 Å². The van der Waals surface area contributed by atoms with Crippen LogP contribution in [0.25, 0.3) is 0 Å². The number of sulfonamides is 1. The summed E-state index contributed by atoms with van der Waals surface area (Å²) in [5.74, 6) is -0.999. The minimum Gasteiger partial charge on any atom is -0.348 e. The average Bonchev–Trinajstić information content (AvgIpc) is 2.44. The van der Waals surface area contributed by atoms with Crippen LogP contribution in [0, 0.1) is 5.82 Å². The molecule has 2 aromatic rings. The summed E-state index contributed by atoms with van der Waals surface area (Å²) in [5.41, 5.74) is 0.539. The summed E-state index contributed by atoms with van der Waals surface area (Å²) in [5, 5.41) is 7.64. The molecular weight excluding hydrogens is 331 g/mol. The molecule has 0 aliphatic carbocycles. The second-order valence-corrected chi connectivity index (χ2v) is 6.47. The van der Waals surface area contributed by atoms with Gasteiger partial charge in [0.2, 0.25) is 10.0 Å². The maximum atomic E-state index is 13.0. The second kappa shape index (κ2) is 6.43. The Morgan fingerprint density at radius 3 is 2.59 bits per heavy atom. The number of carbonyl (C=O) groups excluding carboxylic acids is 1. The van der Waals surface area contributed by atoms with E-state index in [1.807, 2.05) is 0 Å². The highest BCUT2D eigenvalue weighted by molar-refractivity contribution is 7.89. The summed E-state index contributed by atoms with van der Waals surface area (Å²) in [6.07, 6.45) is 0. The highest BCUT2D eigenvalue weighted by Crippen LogP contribution is 2.20. The van der Waals surface area contributed by atoms with Crippen LogP contribution in [0.5, 0.6) is 0 Å². The zero-order valence-electron chi connectivity index (χ0n) is 11.2. The number of primary sulfonamides is 1. The Morgan fingerprint density at radius 1 is 1.23 bits per heavy atom. The average molecular weight is 343 g/mol. The molecule has 0 heterocycles. The first kappa shape index (κ1) is 16.4. The van der Waals surface area contributed by atoms with E-state index in [1.54, 1.807) is 6.07 Å². The first-order valence-corrected chi connectivity index (χ1v) is 8.05. The molecular formula is C14H12ClFN2O3S. The van der Waals surface area contributed by atoms with E-state index in [0.29, 0.717) is 5.56 Å². The maximum Gasteiger partial charge on any atom is 0.253 e. The van der Waals surface area contributed by atoms with E-state index >= 15 is 0 Å². The fourth-order valence-electron chi connectivity index (χ4n) is 1.78. The van der Waals surface area contributed by atoms with Gasteiger partial charge in [0, 0.05) is 6.54 Å². The zero-order valence-corrected chi connectivity index (χ0v) is 12.8. The van der Waals surface area contributed by atoms with E-state index < -0.39 is 21.7 Å². The van der Waals surface area contributed by atoms with E-state index in [2.05, 4.69) is 5.32 Å². The van der Waals surface area contributed by atoms with Gasteiger partial charge in [0.15, 0.2) is 0 Å². The van der Waals surface area contributed by atoms with Gasteiger partial charge in [-0.2, -0.15) is 0 Å². The van der Waals surface area contributed by atoms with E-state index in [0.717, 1.165) is 6.07 Å². The third-order valence-corrected chi connectivity index (χ3v) is 4.09. The van der Waals surface area contributed by atoms with Crippen molar-refractivity contribution in [2.75, 3.05) is 0 Å². The van der Waals surface area contributed by atoms with Gasteiger partial charge in [-0.25, -0.2) is 17.9 Å². The summed E-state index contributed by atoms with van der Waals surface area (Å²) in [4.78, 5) is 11.9. The van der Waals surface area contributed by atoms with Crippen molar-refractivity contribution in [3.63, 3.8) is 0 Å². The number of hydrogen-bond donors (Lipinski definition) is 2. The van der Waals surface area contributed by atoms with Crippen LogP contribution in [-0.2, 0) is 16.6 Å². The molecule has 2 rings (SSSR count). The predicted octanol–water partition coefficient (Wildman–Crippen LogP) is 2.06. The molecule has 0 spiro atoms. The Morgan fingerprint density at radius 2 is 1.95 bits per heavy atom. The molecule has 22 heavy (non-hydrogen) atoms. The standard InChI is InChI=1S/C14H12ClFN2O3S/c15-13-5-4-11(22(17,20)21)7-12(13)14(19)18-8-9-2-1-3-10(16)6-9/h1-7H,8H2,(H,18,19)(H2,17,20,21). The van der Waals surface area contributed by atoms with Crippen molar-refractivity contribution in [2.24, 2.45) is 5.14 Å². The summed E-state index contributed by atoms with van der Waals surface area (Å²) >= 11 is 5.89. The van der Waals surface area contributed by atoms with Crippen molar-refractivity contribution in [2.45, 2.75) is 11.4 Å². The second-order valence-electron chi connectivity index (χ2n) is 4.50. The van der Waals surface area contributed by atoms with E-state index in [1.165, 1.54) is 30.3 Å². The molecule has 0 aliphatic heterocycles. The molecule has 1 amide bonds. The number of benzene rings is 2. The Balaban J connectivity index is 2.19. The fourth-order valence-corrected chi connectivity index (χ4v) is 2.52. The number of hydrogen-bond acceptors (Lipinski definition) is 3. The summed E-state index contributed by atoms with van der Waals surface area (Å²) < 4.78 is 35.6. The minimum atomic E-state index is -3.94. The van der Waals surface area contributed by atoms with Gasteiger partial charge in [-0.1, -0.05) is 23.7 Å². The Kier molecular flexibility index (Phi) is 4.80. The highest BCUT2D eigenvalue weighted by atomic mass is 35.5. The molecule has 2 aromatic carbocycles. The van der Waals surface area contributed by atoms with Crippen molar-refractivity contribution in [1.29, 1.82) is 0 Å². The number of nitrogens with two attached hydrogens (primary N) is 1. The lowest BCUT2D eigenvalue weighted by atomic mass is 10.2. The highest BCUT2D eigenvalue weighted by Gasteiger charge is 2.15. The molecule has 0 saturated carbocycles. The van der Waals surface area contributed by atoms with Crippen molar-refractivity contribution < 1.29 is 17.6 Å². The van der Waals surface area contributed by atoms with E-state index in [4.69, 9.17) is 16.7 Å². The summed E-state index contributed by atoms with van der Waals surface area (Å²) in [6.45, 7) is 0.0759. The molecule has 5 nitrogen and oxygen atoms in total. The van der Waals surface area contributed by atoms with Crippen LogP contribution in [0.2, 0.25) is 5.02 Å². The molecule has 0 atom stereocenters. The van der Waals surface area contributed by atoms with Crippen LogP contribution in [0.15, 0.2) is 47.4 Å². The number of halogens is 2. The number of carbonyl (C=O) groups is 1. The molecule has 0 radical (unpaired) electrons. The molecule has 0 aliphatic rings. The fraction of sp³-hybridized carbons (Fsp3) is 0.0714. The van der Waals surface area contributed by atoms with Crippen LogP contribution in [0.4, 0.5) is 4.39 Å². The third-order valence-electron chi connectivity index (χ3n) is 2.85.